The number of rotatable bonds is 4. The average molecular weight is 376 g/mol. The number of hydrogen-bond acceptors (Lipinski definition) is 2. The molecule has 1 amide bonds. The largest absolute Gasteiger partial charge is 0.332 e. The average Bonchev–Trinajstić information content (AvgIpc) is 2.83. The molecule has 2 aromatic rings. The lowest BCUT2D eigenvalue weighted by molar-refractivity contribution is 0.0728. The molecule has 0 bridgehead atoms. The third-order valence-corrected chi connectivity index (χ3v) is 5.39. The Hall–Kier alpha value is -1.26. The molecule has 0 fully saturated rings. The minimum absolute atomic E-state index is 0.160. The first-order valence-electron chi connectivity index (χ1n) is 7.36. The monoisotopic (exact) mass is 375 g/mol. The Labute approximate surface area is 144 Å². The fraction of sp³-hybridized carbons (Fsp3) is 0.278. The molecule has 2 nitrogen and oxygen atoms in total. The van der Waals surface area contributed by atoms with Gasteiger partial charge in [0, 0.05) is 27.7 Å². The molecular weight excluding hydrogens is 358 g/mol. The predicted molar refractivity (Wildman–Crippen MR) is 95.2 cm³/mol. The number of carbonyl (C=O) groups is 1. The third kappa shape index (κ3) is 3.08. The Kier molecular flexibility index (Phi) is 4.59. The van der Waals surface area contributed by atoms with Crippen LogP contribution in [0.5, 0.6) is 0 Å². The van der Waals surface area contributed by atoms with Crippen LogP contribution in [0.3, 0.4) is 0 Å². The van der Waals surface area contributed by atoms with Gasteiger partial charge >= 0.3 is 0 Å². The van der Waals surface area contributed by atoms with Gasteiger partial charge in [-0.2, -0.15) is 0 Å². The topological polar surface area (TPSA) is 20.3 Å². The van der Waals surface area contributed by atoms with Crippen molar-refractivity contribution in [2.75, 3.05) is 0 Å². The molecule has 0 saturated heterocycles. The zero-order chi connectivity index (χ0) is 15.7. The molecule has 0 saturated carbocycles. The van der Waals surface area contributed by atoms with Crippen molar-refractivity contribution in [3.63, 3.8) is 0 Å². The molecule has 3 rings (SSSR count). The van der Waals surface area contributed by atoms with Crippen LogP contribution in [-0.2, 0) is 12.3 Å². The maximum absolute atomic E-state index is 12.7. The number of carbonyl (C=O) groups excluding carboxylic acids is 1. The molecule has 0 aliphatic carbocycles. The van der Waals surface area contributed by atoms with Crippen LogP contribution in [0.1, 0.15) is 35.3 Å². The number of nitrogens with zero attached hydrogens (tertiary/aromatic N) is 1. The quantitative estimate of drug-likeness (QED) is 0.692. The van der Waals surface area contributed by atoms with Crippen molar-refractivity contribution >= 4 is 33.6 Å². The molecule has 1 aliphatic rings. The van der Waals surface area contributed by atoms with E-state index in [0.717, 1.165) is 26.2 Å². The van der Waals surface area contributed by atoms with Crippen LogP contribution in [0.25, 0.3) is 0 Å². The lowest BCUT2D eigenvalue weighted by atomic mass is 10.1. The van der Waals surface area contributed by atoms with E-state index in [4.69, 9.17) is 0 Å². The van der Waals surface area contributed by atoms with Gasteiger partial charge in [-0.1, -0.05) is 46.3 Å². The van der Waals surface area contributed by atoms with Crippen LogP contribution in [0.15, 0.2) is 51.8 Å². The molecule has 1 heterocycles. The second kappa shape index (κ2) is 6.47. The van der Waals surface area contributed by atoms with Crippen molar-refractivity contribution in [2.45, 2.75) is 37.1 Å². The van der Waals surface area contributed by atoms with Crippen molar-refractivity contribution in [3.8, 4) is 0 Å². The maximum atomic E-state index is 12.7. The molecular formula is C18H18BrNOS. The molecule has 4 heteroatoms. The Morgan fingerprint density at radius 1 is 1.23 bits per heavy atom. The highest BCUT2D eigenvalue weighted by atomic mass is 79.9. The first-order valence-corrected chi connectivity index (χ1v) is 9.14. The molecule has 22 heavy (non-hydrogen) atoms. The fourth-order valence-electron chi connectivity index (χ4n) is 2.67. The van der Waals surface area contributed by atoms with Crippen LogP contribution in [0, 0.1) is 0 Å². The molecule has 0 atom stereocenters. The van der Waals surface area contributed by atoms with E-state index < -0.39 is 0 Å². The van der Waals surface area contributed by atoms with Gasteiger partial charge in [-0.05, 0) is 37.1 Å². The molecule has 0 aromatic heterocycles. The van der Waals surface area contributed by atoms with Crippen molar-refractivity contribution < 1.29 is 4.79 Å². The number of amides is 1. The molecule has 0 N–H and O–H groups in total. The van der Waals surface area contributed by atoms with Gasteiger partial charge in [0.1, 0.15) is 0 Å². The first kappa shape index (κ1) is 15.6. The van der Waals surface area contributed by atoms with Crippen LogP contribution in [0.4, 0.5) is 0 Å². The van der Waals surface area contributed by atoms with Gasteiger partial charge in [0.2, 0.25) is 0 Å². The zero-order valence-electron chi connectivity index (χ0n) is 12.7. The lowest BCUT2D eigenvalue weighted by Crippen LogP contribution is -2.30. The van der Waals surface area contributed by atoms with Gasteiger partial charge in [0.05, 0.1) is 5.56 Å². The number of hydrogen-bond donors (Lipinski definition) is 0. The van der Waals surface area contributed by atoms with E-state index in [1.54, 1.807) is 11.8 Å². The Bertz CT molecular complexity index is 700. The predicted octanol–water partition coefficient (Wildman–Crippen LogP) is 5.11. The van der Waals surface area contributed by atoms with Crippen LogP contribution >= 0.6 is 27.7 Å². The molecule has 114 valence electrons. The summed E-state index contributed by atoms with van der Waals surface area (Å²) in [6, 6.07) is 14.7. The van der Waals surface area contributed by atoms with E-state index in [1.165, 1.54) is 5.56 Å². The summed E-state index contributed by atoms with van der Waals surface area (Å²) in [7, 11) is 0. The van der Waals surface area contributed by atoms with Crippen molar-refractivity contribution in [1.82, 2.24) is 4.90 Å². The van der Waals surface area contributed by atoms with Crippen LogP contribution < -0.4 is 0 Å². The van der Waals surface area contributed by atoms with E-state index in [1.807, 2.05) is 23.1 Å². The van der Waals surface area contributed by atoms with E-state index in [9.17, 15) is 4.79 Å². The molecule has 0 radical (unpaired) electrons. The van der Waals surface area contributed by atoms with Crippen LogP contribution in [0.2, 0.25) is 0 Å². The minimum Gasteiger partial charge on any atom is -0.332 e. The summed E-state index contributed by atoms with van der Waals surface area (Å²) in [6.07, 6.45) is 0. The summed E-state index contributed by atoms with van der Waals surface area (Å²) in [4.78, 5) is 15.7. The summed E-state index contributed by atoms with van der Waals surface area (Å²) in [5.74, 6) is 1.03. The van der Waals surface area contributed by atoms with Crippen molar-refractivity contribution in [2.24, 2.45) is 0 Å². The molecule has 1 aliphatic heterocycles. The summed E-state index contributed by atoms with van der Waals surface area (Å²) in [6.45, 7) is 4.84. The summed E-state index contributed by atoms with van der Waals surface area (Å²) in [5, 5.41) is 0. The highest BCUT2D eigenvalue weighted by Gasteiger charge is 2.31. The molecule has 0 unspecified atom stereocenters. The number of thioether (sulfide) groups is 1. The SMILES string of the molecule is CC(C)N1Cc2cc(Br)cc(SCc3ccccc3)c2C1=O. The van der Waals surface area contributed by atoms with Gasteiger partial charge in [0.15, 0.2) is 0 Å². The minimum atomic E-state index is 0.160. The molecule has 2 aromatic carbocycles. The van der Waals surface area contributed by atoms with Gasteiger partial charge in [-0.15, -0.1) is 11.8 Å². The van der Waals surface area contributed by atoms with Gasteiger partial charge < -0.3 is 4.90 Å². The van der Waals surface area contributed by atoms with E-state index in [2.05, 4.69) is 54.0 Å². The standard InChI is InChI=1S/C18H18BrNOS/c1-12(2)20-10-14-8-15(19)9-16(17(14)18(20)21)22-11-13-6-4-3-5-7-13/h3-9,12H,10-11H2,1-2H3. The smallest absolute Gasteiger partial charge is 0.255 e. The second-order valence-corrected chi connectivity index (χ2v) is 7.67. The zero-order valence-corrected chi connectivity index (χ0v) is 15.1. The number of benzene rings is 2. The lowest BCUT2D eigenvalue weighted by Gasteiger charge is -2.20. The Morgan fingerprint density at radius 3 is 2.64 bits per heavy atom. The molecule has 0 spiro atoms. The number of fused-ring (bicyclic) bond motifs is 1. The summed E-state index contributed by atoms with van der Waals surface area (Å²) < 4.78 is 1.04. The summed E-state index contributed by atoms with van der Waals surface area (Å²) >= 11 is 5.31. The second-order valence-electron chi connectivity index (χ2n) is 5.74. The fourth-order valence-corrected chi connectivity index (χ4v) is 4.41. The van der Waals surface area contributed by atoms with E-state index >= 15 is 0 Å². The van der Waals surface area contributed by atoms with Crippen molar-refractivity contribution in [3.05, 3.63) is 63.6 Å². The summed E-state index contributed by atoms with van der Waals surface area (Å²) in [5.41, 5.74) is 3.29. The van der Waals surface area contributed by atoms with Gasteiger partial charge in [-0.3, -0.25) is 4.79 Å². The Morgan fingerprint density at radius 2 is 1.95 bits per heavy atom. The highest BCUT2D eigenvalue weighted by molar-refractivity contribution is 9.10. The van der Waals surface area contributed by atoms with Gasteiger partial charge in [0.25, 0.3) is 5.91 Å². The first-order chi connectivity index (χ1) is 10.6. The Balaban J connectivity index is 1.89. The van der Waals surface area contributed by atoms with Gasteiger partial charge in [-0.25, -0.2) is 0 Å². The van der Waals surface area contributed by atoms with E-state index in [0.29, 0.717) is 6.54 Å². The van der Waals surface area contributed by atoms with E-state index in [-0.39, 0.29) is 11.9 Å². The third-order valence-electron chi connectivity index (χ3n) is 3.82. The van der Waals surface area contributed by atoms with Crippen LogP contribution in [-0.4, -0.2) is 16.8 Å². The number of halogens is 1. The van der Waals surface area contributed by atoms with Crippen molar-refractivity contribution in [1.29, 1.82) is 0 Å². The highest BCUT2D eigenvalue weighted by Crippen LogP contribution is 2.37. The maximum Gasteiger partial charge on any atom is 0.255 e. The normalized spacial score (nSPS) is 13.8.